The predicted octanol–water partition coefficient (Wildman–Crippen LogP) is 0.200. The fourth-order valence-electron chi connectivity index (χ4n) is 6.03. The Bertz CT molecular complexity index is 1480. The van der Waals surface area contributed by atoms with Crippen molar-refractivity contribution in [1.29, 1.82) is 0 Å². The second-order valence-electron chi connectivity index (χ2n) is 10.2. The minimum atomic E-state index is -0.606. The number of hydrogen-bond acceptors (Lipinski definition) is 7. The van der Waals surface area contributed by atoms with Crippen LogP contribution >= 0.6 is 0 Å². The first-order chi connectivity index (χ1) is 17.9. The summed E-state index contributed by atoms with van der Waals surface area (Å²) in [5.41, 5.74) is -0.370. The molecule has 5 heterocycles. The molecule has 1 amide bonds. The van der Waals surface area contributed by atoms with Crippen molar-refractivity contribution in [2.24, 2.45) is 13.0 Å². The van der Waals surface area contributed by atoms with Crippen molar-refractivity contribution < 1.29 is 9.59 Å². The number of imidazole rings is 1. The zero-order valence-corrected chi connectivity index (χ0v) is 20.9. The van der Waals surface area contributed by atoms with Gasteiger partial charge in [-0.1, -0.05) is 30.3 Å². The number of benzene rings is 1. The largest absolute Gasteiger partial charge is 0.341 e. The zero-order chi connectivity index (χ0) is 25.7. The second-order valence-corrected chi connectivity index (χ2v) is 10.2. The Hall–Kier alpha value is -3.73. The lowest BCUT2D eigenvalue weighted by molar-refractivity contribution is -0.130. The first kappa shape index (κ1) is 23.7. The highest BCUT2D eigenvalue weighted by atomic mass is 16.2. The van der Waals surface area contributed by atoms with Crippen molar-refractivity contribution in [3.63, 3.8) is 0 Å². The van der Waals surface area contributed by atoms with E-state index in [1.807, 2.05) is 4.90 Å². The number of fused-ring (bicyclic) bond motifs is 2. The summed E-state index contributed by atoms with van der Waals surface area (Å²) in [5.74, 6) is 0.612. The molecular weight excluding hydrogens is 474 g/mol. The van der Waals surface area contributed by atoms with Crippen LogP contribution in [-0.4, -0.2) is 74.0 Å². The number of nitrogens with zero attached hydrogens (tertiary/aromatic N) is 6. The molecule has 3 fully saturated rings. The maximum Gasteiger partial charge on any atom is 0.332 e. The first-order valence-corrected chi connectivity index (χ1v) is 13.0. The number of rotatable bonds is 6. The fourth-order valence-corrected chi connectivity index (χ4v) is 6.03. The minimum absolute atomic E-state index is 0.0345. The molecule has 2 atom stereocenters. The highest BCUT2D eigenvalue weighted by Crippen LogP contribution is 2.33. The van der Waals surface area contributed by atoms with Gasteiger partial charge in [-0.3, -0.25) is 28.1 Å². The summed E-state index contributed by atoms with van der Waals surface area (Å²) in [5, 5.41) is 3.43. The van der Waals surface area contributed by atoms with Crippen LogP contribution in [0.5, 0.6) is 0 Å². The molecule has 2 unspecified atom stereocenters. The molecule has 3 aliphatic rings. The van der Waals surface area contributed by atoms with Gasteiger partial charge in [-0.05, 0) is 25.2 Å². The van der Waals surface area contributed by atoms with Crippen molar-refractivity contribution >= 4 is 28.8 Å². The average molecular weight is 506 g/mol. The van der Waals surface area contributed by atoms with E-state index in [0.29, 0.717) is 30.5 Å². The summed E-state index contributed by atoms with van der Waals surface area (Å²) in [6.07, 6.45) is 2.93. The third-order valence-corrected chi connectivity index (χ3v) is 8.06. The third-order valence-electron chi connectivity index (χ3n) is 8.06. The van der Waals surface area contributed by atoms with Crippen molar-refractivity contribution in [3.8, 4) is 0 Å². The van der Waals surface area contributed by atoms with Crippen LogP contribution in [-0.2, 0) is 24.9 Å². The van der Waals surface area contributed by atoms with Gasteiger partial charge in [0.15, 0.2) is 16.9 Å². The van der Waals surface area contributed by atoms with Crippen LogP contribution in [0.4, 0.5) is 5.95 Å². The lowest BCUT2D eigenvalue weighted by Crippen LogP contribution is -2.42. The Labute approximate surface area is 213 Å². The maximum absolute atomic E-state index is 13.8. The molecule has 0 aliphatic carbocycles. The Balaban J connectivity index is 1.49. The van der Waals surface area contributed by atoms with Crippen molar-refractivity contribution in [1.82, 2.24) is 28.9 Å². The Morgan fingerprint density at radius 2 is 1.76 bits per heavy atom. The van der Waals surface area contributed by atoms with Gasteiger partial charge in [0.05, 0.1) is 6.54 Å². The summed E-state index contributed by atoms with van der Waals surface area (Å²) >= 11 is 0. The summed E-state index contributed by atoms with van der Waals surface area (Å²) < 4.78 is 3.96. The van der Waals surface area contributed by atoms with Gasteiger partial charge in [0.1, 0.15) is 6.54 Å². The van der Waals surface area contributed by atoms with E-state index < -0.39 is 11.2 Å². The van der Waals surface area contributed by atoms with Crippen LogP contribution < -0.4 is 21.5 Å². The van der Waals surface area contributed by atoms with E-state index in [1.54, 1.807) is 41.9 Å². The molecule has 1 N–H and O–H groups in total. The number of ketones is 1. The standard InChI is InChI=1S/C26H31N7O4/c1-29-23-22(24(36)33(26(29)37)15-20(34)17-7-3-2-4-8-17)32(16-21(35)30-10-5-6-11-30)25(28-23)31-12-9-18-13-27-14-19(18)31/h2-4,7-8,18-19,27H,5-6,9-16H2,1H3. The van der Waals surface area contributed by atoms with Crippen molar-refractivity contribution in [2.75, 3.05) is 37.6 Å². The van der Waals surface area contributed by atoms with E-state index >= 15 is 0 Å². The van der Waals surface area contributed by atoms with Crippen LogP contribution in [0.25, 0.3) is 11.2 Å². The normalized spacial score (nSPS) is 21.2. The highest BCUT2D eigenvalue weighted by molar-refractivity contribution is 5.96. The van der Waals surface area contributed by atoms with Crippen LogP contribution in [0.15, 0.2) is 39.9 Å². The molecule has 194 valence electrons. The molecule has 0 saturated carbocycles. The Morgan fingerprint density at radius 3 is 2.51 bits per heavy atom. The number of hydrogen-bond donors (Lipinski definition) is 1. The smallest absolute Gasteiger partial charge is 0.332 e. The van der Waals surface area contributed by atoms with E-state index in [4.69, 9.17) is 4.98 Å². The predicted molar refractivity (Wildman–Crippen MR) is 138 cm³/mol. The summed E-state index contributed by atoms with van der Waals surface area (Å²) in [7, 11) is 1.56. The summed E-state index contributed by atoms with van der Waals surface area (Å²) in [6.45, 7) is 3.50. The van der Waals surface area contributed by atoms with Gasteiger partial charge in [0, 0.05) is 51.4 Å². The summed E-state index contributed by atoms with van der Waals surface area (Å²) in [4.78, 5) is 62.1. The number of aromatic nitrogens is 4. The van der Waals surface area contributed by atoms with E-state index in [-0.39, 0.29) is 42.0 Å². The van der Waals surface area contributed by atoms with Crippen molar-refractivity contribution in [3.05, 3.63) is 56.7 Å². The van der Waals surface area contributed by atoms with Gasteiger partial charge < -0.3 is 15.1 Å². The van der Waals surface area contributed by atoms with Gasteiger partial charge in [0.2, 0.25) is 11.9 Å². The number of anilines is 1. The summed E-state index contributed by atoms with van der Waals surface area (Å²) in [6, 6.07) is 8.82. The molecule has 2 aromatic heterocycles. The number of Topliss-reactive ketones (excluding diaryl/α,β-unsaturated/α-hetero) is 1. The molecule has 1 aromatic carbocycles. The molecule has 37 heavy (non-hydrogen) atoms. The number of carbonyl (C=O) groups is 2. The number of carbonyl (C=O) groups excluding carboxylic acids is 2. The fraction of sp³-hybridized carbons (Fsp3) is 0.500. The third kappa shape index (κ3) is 3.97. The molecule has 0 bridgehead atoms. The van der Waals surface area contributed by atoms with Gasteiger partial charge in [0.25, 0.3) is 5.56 Å². The molecule has 6 rings (SSSR count). The maximum atomic E-state index is 13.8. The minimum Gasteiger partial charge on any atom is -0.341 e. The first-order valence-electron chi connectivity index (χ1n) is 13.0. The van der Waals surface area contributed by atoms with Gasteiger partial charge in [-0.2, -0.15) is 4.98 Å². The Kier molecular flexibility index (Phi) is 5.94. The van der Waals surface area contributed by atoms with Crippen LogP contribution in [0.3, 0.4) is 0 Å². The lowest BCUT2D eigenvalue weighted by Gasteiger charge is -2.26. The number of amides is 1. The molecular formula is C26H31N7O4. The second kappa shape index (κ2) is 9.29. The van der Waals surface area contributed by atoms with E-state index in [0.717, 1.165) is 43.5 Å². The van der Waals surface area contributed by atoms with Crippen LogP contribution in [0, 0.1) is 5.92 Å². The highest BCUT2D eigenvalue weighted by Gasteiger charge is 2.40. The van der Waals surface area contributed by atoms with Crippen LogP contribution in [0.2, 0.25) is 0 Å². The molecule has 3 saturated heterocycles. The molecule has 0 spiro atoms. The van der Waals surface area contributed by atoms with E-state index in [9.17, 15) is 19.2 Å². The molecule has 3 aromatic rings. The number of likely N-dealkylation sites (tertiary alicyclic amines) is 1. The van der Waals surface area contributed by atoms with E-state index in [2.05, 4.69) is 10.2 Å². The number of nitrogens with one attached hydrogen (secondary N) is 1. The SMILES string of the molecule is Cn1c(=O)n(CC(=O)c2ccccc2)c(=O)c2c1nc(N1CCC3CNCC31)n2CC(=O)N1CCCC1. The van der Waals surface area contributed by atoms with Gasteiger partial charge in [-0.25, -0.2) is 4.79 Å². The molecule has 11 nitrogen and oxygen atoms in total. The average Bonchev–Trinajstić information content (AvgIpc) is 3.70. The molecule has 3 aliphatic heterocycles. The quantitative estimate of drug-likeness (QED) is 0.476. The van der Waals surface area contributed by atoms with Crippen molar-refractivity contribution in [2.45, 2.75) is 38.4 Å². The van der Waals surface area contributed by atoms with Gasteiger partial charge >= 0.3 is 5.69 Å². The van der Waals surface area contributed by atoms with Gasteiger partial charge in [-0.15, -0.1) is 0 Å². The zero-order valence-electron chi connectivity index (χ0n) is 20.9. The molecule has 0 radical (unpaired) electrons. The van der Waals surface area contributed by atoms with Crippen LogP contribution in [0.1, 0.15) is 29.6 Å². The lowest BCUT2D eigenvalue weighted by atomic mass is 10.1. The number of aryl methyl sites for hydroxylation is 1. The van der Waals surface area contributed by atoms with E-state index in [1.165, 1.54) is 4.57 Å². The monoisotopic (exact) mass is 505 g/mol. The molecule has 11 heteroatoms. The Morgan fingerprint density at radius 1 is 1.00 bits per heavy atom. The topological polar surface area (TPSA) is 114 Å².